The molecule has 1 aliphatic heterocycles. The standard InChI is InChI=1S/C18H17N5O4/c19-7-9-1-3-10(4-2-9)12(24)15-13(25)14(26)18(27-15)23-6-5-11-16(20)21-8-22-17(11)23/h1-6,8,12-15,18,24-26H,(H2,20,21,22)/t12?,13-,14+,15?,18+/m0/s1. The molecule has 5 N–H and O–H groups in total. The predicted octanol–water partition coefficient (Wildman–Crippen LogP) is 0.238. The Bertz CT molecular complexity index is 1010. The van der Waals surface area contributed by atoms with Gasteiger partial charge < -0.3 is 30.4 Å². The van der Waals surface area contributed by atoms with Crippen molar-refractivity contribution >= 4 is 16.9 Å². The van der Waals surface area contributed by atoms with Crippen molar-refractivity contribution in [3.05, 3.63) is 54.0 Å². The lowest BCUT2D eigenvalue weighted by molar-refractivity contribution is -0.0848. The second kappa shape index (κ2) is 6.61. The molecule has 3 heterocycles. The van der Waals surface area contributed by atoms with E-state index in [0.29, 0.717) is 28.0 Å². The van der Waals surface area contributed by atoms with Crippen LogP contribution in [-0.2, 0) is 4.74 Å². The number of fused-ring (bicyclic) bond motifs is 1. The zero-order valence-corrected chi connectivity index (χ0v) is 14.0. The van der Waals surface area contributed by atoms with Crippen LogP contribution >= 0.6 is 0 Å². The topological polar surface area (TPSA) is 150 Å². The summed E-state index contributed by atoms with van der Waals surface area (Å²) >= 11 is 0. The van der Waals surface area contributed by atoms with Crippen LogP contribution in [-0.4, -0.2) is 48.2 Å². The van der Waals surface area contributed by atoms with E-state index in [2.05, 4.69) is 9.97 Å². The monoisotopic (exact) mass is 367 g/mol. The van der Waals surface area contributed by atoms with E-state index in [-0.39, 0.29) is 0 Å². The molecule has 4 rings (SSSR count). The summed E-state index contributed by atoms with van der Waals surface area (Å²) in [6, 6.07) is 9.98. The van der Waals surface area contributed by atoms with Crippen molar-refractivity contribution in [1.82, 2.24) is 14.5 Å². The van der Waals surface area contributed by atoms with E-state index in [1.165, 1.54) is 6.33 Å². The van der Waals surface area contributed by atoms with E-state index >= 15 is 0 Å². The van der Waals surface area contributed by atoms with Crippen LogP contribution in [0.3, 0.4) is 0 Å². The van der Waals surface area contributed by atoms with Crippen molar-refractivity contribution in [2.45, 2.75) is 30.6 Å². The minimum Gasteiger partial charge on any atom is -0.387 e. The first-order valence-electron chi connectivity index (χ1n) is 8.28. The smallest absolute Gasteiger partial charge is 0.164 e. The van der Waals surface area contributed by atoms with Crippen LogP contribution in [0.1, 0.15) is 23.5 Å². The number of hydrogen-bond acceptors (Lipinski definition) is 8. The van der Waals surface area contributed by atoms with Crippen molar-refractivity contribution in [3.8, 4) is 6.07 Å². The SMILES string of the molecule is N#Cc1ccc(C(O)C2O[C@@H](n3ccc4c(N)ncnc43)[C@H](O)[C@@H]2O)cc1. The summed E-state index contributed by atoms with van der Waals surface area (Å²) < 4.78 is 7.35. The van der Waals surface area contributed by atoms with Crippen LogP contribution in [0.25, 0.3) is 11.0 Å². The number of nitrogen functional groups attached to an aromatic ring is 1. The number of aromatic nitrogens is 3. The molecule has 0 aliphatic carbocycles. The molecule has 0 radical (unpaired) electrons. The molecule has 0 spiro atoms. The van der Waals surface area contributed by atoms with Gasteiger partial charge in [0.05, 0.1) is 17.0 Å². The molecule has 3 aromatic rings. The molecule has 1 aliphatic rings. The van der Waals surface area contributed by atoms with E-state index in [1.54, 1.807) is 41.1 Å². The summed E-state index contributed by atoms with van der Waals surface area (Å²) in [5, 5.41) is 41.0. The number of anilines is 1. The maximum absolute atomic E-state index is 10.6. The second-order valence-electron chi connectivity index (χ2n) is 6.37. The third-order valence-electron chi connectivity index (χ3n) is 4.78. The highest BCUT2D eigenvalue weighted by Crippen LogP contribution is 2.37. The van der Waals surface area contributed by atoms with Crippen LogP contribution < -0.4 is 5.73 Å². The number of aliphatic hydroxyl groups is 3. The summed E-state index contributed by atoms with van der Waals surface area (Å²) in [6.07, 6.45) is -2.87. The zero-order valence-electron chi connectivity index (χ0n) is 14.0. The van der Waals surface area contributed by atoms with Gasteiger partial charge in [-0.2, -0.15) is 5.26 Å². The normalized spacial score (nSPS) is 26.1. The van der Waals surface area contributed by atoms with Gasteiger partial charge in [0, 0.05) is 6.20 Å². The van der Waals surface area contributed by atoms with E-state index in [0.717, 1.165) is 0 Å². The molecule has 9 nitrogen and oxygen atoms in total. The van der Waals surface area contributed by atoms with Gasteiger partial charge in [-0.15, -0.1) is 0 Å². The fourth-order valence-corrected chi connectivity index (χ4v) is 3.32. The molecule has 27 heavy (non-hydrogen) atoms. The number of rotatable bonds is 3. The van der Waals surface area contributed by atoms with Gasteiger partial charge in [-0.1, -0.05) is 12.1 Å². The van der Waals surface area contributed by atoms with E-state index < -0.39 is 30.6 Å². The number of nitriles is 1. The predicted molar refractivity (Wildman–Crippen MR) is 94.0 cm³/mol. The highest BCUT2D eigenvalue weighted by Gasteiger charge is 2.47. The third kappa shape index (κ3) is 2.81. The average molecular weight is 367 g/mol. The molecule has 138 valence electrons. The molecular formula is C18H17N5O4. The molecule has 5 atom stereocenters. The Morgan fingerprint density at radius 3 is 2.59 bits per heavy atom. The van der Waals surface area contributed by atoms with Gasteiger partial charge in [0.25, 0.3) is 0 Å². The first-order valence-corrected chi connectivity index (χ1v) is 8.28. The Hall–Kier alpha value is -3.03. The Kier molecular flexibility index (Phi) is 4.25. The lowest BCUT2D eigenvalue weighted by Gasteiger charge is -2.21. The van der Waals surface area contributed by atoms with Crippen LogP contribution in [0.15, 0.2) is 42.9 Å². The van der Waals surface area contributed by atoms with E-state index in [1.807, 2.05) is 6.07 Å². The molecule has 0 saturated carbocycles. The lowest BCUT2D eigenvalue weighted by atomic mass is 9.98. The maximum atomic E-state index is 10.6. The first-order chi connectivity index (χ1) is 13.0. The summed E-state index contributed by atoms with van der Waals surface area (Å²) in [5.41, 5.74) is 7.20. The highest BCUT2D eigenvalue weighted by atomic mass is 16.6. The summed E-state index contributed by atoms with van der Waals surface area (Å²) in [5.74, 6) is 0.293. The molecule has 1 saturated heterocycles. The minimum absolute atomic E-state index is 0.293. The number of benzene rings is 1. The van der Waals surface area contributed by atoms with Gasteiger partial charge in [-0.25, -0.2) is 9.97 Å². The molecule has 0 amide bonds. The number of aliphatic hydroxyl groups excluding tert-OH is 3. The fourth-order valence-electron chi connectivity index (χ4n) is 3.32. The van der Waals surface area contributed by atoms with Gasteiger partial charge in [-0.3, -0.25) is 0 Å². The number of ether oxygens (including phenoxy) is 1. The Labute approximate surface area is 153 Å². The van der Waals surface area contributed by atoms with Gasteiger partial charge in [-0.05, 0) is 23.8 Å². The maximum Gasteiger partial charge on any atom is 0.164 e. The molecule has 0 bridgehead atoms. The molecule has 9 heteroatoms. The van der Waals surface area contributed by atoms with E-state index in [4.69, 9.17) is 15.7 Å². The zero-order chi connectivity index (χ0) is 19.1. The Morgan fingerprint density at radius 2 is 1.89 bits per heavy atom. The van der Waals surface area contributed by atoms with E-state index in [9.17, 15) is 15.3 Å². The van der Waals surface area contributed by atoms with Gasteiger partial charge in [0.1, 0.15) is 42.2 Å². The molecular weight excluding hydrogens is 350 g/mol. The first kappa shape index (κ1) is 17.4. The quantitative estimate of drug-likeness (QED) is 0.514. The number of hydrogen-bond donors (Lipinski definition) is 4. The summed E-state index contributed by atoms with van der Waals surface area (Å²) in [7, 11) is 0. The molecule has 1 aromatic carbocycles. The van der Waals surface area contributed by atoms with Crippen LogP contribution in [0.5, 0.6) is 0 Å². The van der Waals surface area contributed by atoms with Gasteiger partial charge in [0.2, 0.25) is 0 Å². The highest BCUT2D eigenvalue weighted by molar-refractivity contribution is 5.86. The van der Waals surface area contributed by atoms with Crippen molar-refractivity contribution in [3.63, 3.8) is 0 Å². The average Bonchev–Trinajstić information content (AvgIpc) is 3.24. The second-order valence-corrected chi connectivity index (χ2v) is 6.37. The van der Waals surface area contributed by atoms with Crippen LogP contribution in [0.2, 0.25) is 0 Å². The molecule has 2 aromatic heterocycles. The van der Waals surface area contributed by atoms with Crippen molar-refractivity contribution in [1.29, 1.82) is 5.26 Å². The minimum atomic E-state index is -1.32. The Morgan fingerprint density at radius 1 is 1.15 bits per heavy atom. The van der Waals surface area contributed by atoms with Crippen molar-refractivity contribution < 1.29 is 20.1 Å². The summed E-state index contributed by atoms with van der Waals surface area (Å²) in [6.45, 7) is 0. The van der Waals surface area contributed by atoms with Crippen molar-refractivity contribution in [2.24, 2.45) is 0 Å². The molecule has 2 unspecified atom stereocenters. The largest absolute Gasteiger partial charge is 0.387 e. The lowest BCUT2D eigenvalue weighted by Crippen LogP contribution is -2.34. The fraction of sp³-hybridized carbons (Fsp3) is 0.278. The van der Waals surface area contributed by atoms with Crippen LogP contribution in [0, 0.1) is 11.3 Å². The van der Waals surface area contributed by atoms with Gasteiger partial charge >= 0.3 is 0 Å². The number of nitrogens with two attached hydrogens (primary N) is 1. The molecule has 1 fully saturated rings. The Balaban J connectivity index is 1.63. The summed E-state index contributed by atoms with van der Waals surface area (Å²) in [4.78, 5) is 8.08. The number of nitrogens with zero attached hydrogens (tertiary/aromatic N) is 4. The van der Waals surface area contributed by atoms with Gasteiger partial charge in [0.15, 0.2) is 6.23 Å². The third-order valence-corrected chi connectivity index (χ3v) is 4.78. The van der Waals surface area contributed by atoms with Crippen molar-refractivity contribution in [2.75, 3.05) is 5.73 Å². The van der Waals surface area contributed by atoms with Crippen LogP contribution in [0.4, 0.5) is 5.82 Å².